The molecule has 0 radical (unpaired) electrons. The largest absolute Gasteiger partial charge is 0.394 e. The van der Waals surface area contributed by atoms with Crippen molar-refractivity contribution in [1.82, 2.24) is 15.1 Å². The second-order valence-electron chi connectivity index (χ2n) is 6.43. The van der Waals surface area contributed by atoms with E-state index in [1.807, 2.05) is 18.2 Å². The Morgan fingerprint density at radius 1 is 1.44 bits per heavy atom. The van der Waals surface area contributed by atoms with Crippen molar-refractivity contribution in [2.75, 3.05) is 18.5 Å². The number of halogens is 1. The van der Waals surface area contributed by atoms with Gasteiger partial charge in [-0.05, 0) is 38.4 Å². The molecule has 1 aliphatic heterocycles. The van der Waals surface area contributed by atoms with Crippen LogP contribution in [0.15, 0.2) is 30.3 Å². The number of aliphatic hydroxyl groups excluding tert-OH is 1. The summed E-state index contributed by atoms with van der Waals surface area (Å²) in [4.78, 5) is 12.6. The zero-order valence-electron chi connectivity index (χ0n) is 14.2. The zero-order valence-corrected chi connectivity index (χ0v) is 15.0. The maximum Gasteiger partial charge on any atom is 0.228 e. The number of aliphatic hydroxyl groups is 1. The summed E-state index contributed by atoms with van der Waals surface area (Å²) in [6.07, 6.45) is 1.65. The number of piperidine rings is 1. The van der Waals surface area contributed by atoms with Crippen LogP contribution in [0.25, 0.3) is 11.3 Å². The first-order chi connectivity index (χ1) is 12.1. The number of hydrogen-bond acceptors (Lipinski definition) is 4. The number of aromatic nitrogens is 2. The summed E-state index contributed by atoms with van der Waals surface area (Å²) < 4.78 is 1.63. The van der Waals surface area contributed by atoms with Gasteiger partial charge >= 0.3 is 0 Å². The summed E-state index contributed by atoms with van der Waals surface area (Å²) >= 11 is 5.93. The van der Waals surface area contributed by atoms with Crippen LogP contribution >= 0.6 is 11.6 Å². The van der Waals surface area contributed by atoms with Gasteiger partial charge in [0.2, 0.25) is 5.91 Å². The molecule has 0 unspecified atom stereocenters. The average molecular weight is 363 g/mol. The fraction of sp³-hybridized carbons (Fsp3) is 0.444. The first kappa shape index (κ1) is 17.9. The highest BCUT2D eigenvalue weighted by molar-refractivity contribution is 6.30. The molecule has 6 nitrogen and oxygen atoms in total. The summed E-state index contributed by atoms with van der Waals surface area (Å²) in [6, 6.07) is 9.55. The number of nitrogens with one attached hydrogen (secondary N) is 2. The van der Waals surface area contributed by atoms with Gasteiger partial charge < -0.3 is 15.7 Å². The third-order valence-electron chi connectivity index (χ3n) is 4.48. The Bertz CT molecular complexity index is 729. The molecule has 1 aromatic carbocycles. The zero-order chi connectivity index (χ0) is 17.8. The van der Waals surface area contributed by atoms with Gasteiger partial charge in [0.1, 0.15) is 5.82 Å². The summed E-state index contributed by atoms with van der Waals surface area (Å²) in [6.45, 7) is 3.22. The molecule has 3 rings (SSSR count). The summed E-state index contributed by atoms with van der Waals surface area (Å²) in [5, 5.41) is 20.8. The first-order valence-electron chi connectivity index (χ1n) is 8.55. The highest BCUT2D eigenvalue weighted by atomic mass is 35.5. The number of amides is 1. The molecular formula is C18H23ClN4O2. The van der Waals surface area contributed by atoms with Crippen LogP contribution in [-0.2, 0) is 11.3 Å². The monoisotopic (exact) mass is 362 g/mol. The maximum atomic E-state index is 12.6. The third kappa shape index (κ3) is 4.39. The van der Waals surface area contributed by atoms with Crippen LogP contribution in [0.3, 0.4) is 0 Å². The number of rotatable bonds is 5. The number of hydrogen-bond donors (Lipinski definition) is 3. The predicted molar refractivity (Wildman–Crippen MR) is 98.6 cm³/mol. The van der Waals surface area contributed by atoms with Crippen molar-refractivity contribution < 1.29 is 9.90 Å². The molecule has 1 amide bonds. The minimum absolute atomic E-state index is 0.00675. The van der Waals surface area contributed by atoms with E-state index in [4.69, 9.17) is 11.6 Å². The predicted octanol–water partition coefficient (Wildman–Crippen LogP) is 2.52. The van der Waals surface area contributed by atoms with Gasteiger partial charge in [-0.25, -0.2) is 4.68 Å². The van der Waals surface area contributed by atoms with E-state index in [9.17, 15) is 9.90 Å². The lowest BCUT2D eigenvalue weighted by molar-refractivity contribution is -0.120. The number of anilines is 1. The van der Waals surface area contributed by atoms with Gasteiger partial charge in [0.05, 0.1) is 18.8 Å². The minimum atomic E-state index is -0.0466. The highest BCUT2D eigenvalue weighted by Crippen LogP contribution is 2.25. The van der Waals surface area contributed by atoms with Crippen molar-refractivity contribution in [3.05, 3.63) is 35.4 Å². The molecule has 0 aliphatic carbocycles. The van der Waals surface area contributed by atoms with E-state index in [1.165, 1.54) is 0 Å². The van der Waals surface area contributed by atoms with Crippen LogP contribution in [-0.4, -0.2) is 40.0 Å². The Morgan fingerprint density at radius 2 is 2.20 bits per heavy atom. The van der Waals surface area contributed by atoms with Crippen molar-refractivity contribution in [1.29, 1.82) is 0 Å². The van der Waals surface area contributed by atoms with Crippen LogP contribution in [0.5, 0.6) is 0 Å². The molecule has 0 spiro atoms. The van der Waals surface area contributed by atoms with E-state index < -0.39 is 0 Å². The van der Waals surface area contributed by atoms with E-state index in [0.717, 1.165) is 30.6 Å². The molecule has 0 saturated carbocycles. The van der Waals surface area contributed by atoms with Gasteiger partial charge in [-0.2, -0.15) is 5.10 Å². The molecule has 134 valence electrons. The summed E-state index contributed by atoms with van der Waals surface area (Å²) in [5.74, 6) is 0.609. The Kier molecular flexibility index (Phi) is 5.73. The van der Waals surface area contributed by atoms with Crippen molar-refractivity contribution in [2.24, 2.45) is 5.92 Å². The van der Waals surface area contributed by atoms with Crippen molar-refractivity contribution in [3.63, 3.8) is 0 Å². The Morgan fingerprint density at radius 3 is 2.88 bits per heavy atom. The smallest absolute Gasteiger partial charge is 0.228 e. The lowest BCUT2D eigenvalue weighted by atomic mass is 9.92. The highest BCUT2D eigenvalue weighted by Gasteiger charge is 2.25. The quantitative estimate of drug-likeness (QED) is 0.763. The molecule has 2 atom stereocenters. The molecule has 1 saturated heterocycles. The van der Waals surface area contributed by atoms with E-state index in [-0.39, 0.29) is 18.4 Å². The fourth-order valence-electron chi connectivity index (χ4n) is 3.14. The number of carbonyl (C=O) groups is 1. The fourth-order valence-corrected chi connectivity index (χ4v) is 3.27. The normalized spacial score (nSPS) is 20.4. The molecular weight excluding hydrogens is 340 g/mol. The van der Waals surface area contributed by atoms with E-state index in [2.05, 4.69) is 22.7 Å². The second-order valence-corrected chi connectivity index (χ2v) is 6.87. The van der Waals surface area contributed by atoms with Crippen LogP contribution in [0.4, 0.5) is 5.82 Å². The Hall–Kier alpha value is -1.89. The lowest BCUT2D eigenvalue weighted by Crippen LogP contribution is -2.40. The standard InChI is InChI=1S/C18H23ClN4O2/c1-12-10-14(6-7-20-12)18(25)21-17-11-16(22-23(17)8-9-24)13-2-4-15(19)5-3-13/h2-5,11-12,14,20,24H,6-10H2,1H3,(H,21,25)/t12-,14-/m0/s1. The first-order valence-corrected chi connectivity index (χ1v) is 8.93. The van der Waals surface area contributed by atoms with E-state index >= 15 is 0 Å². The number of carbonyl (C=O) groups excluding carboxylic acids is 1. The third-order valence-corrected chi connectivity index (χ3v) is 4.73. The van der Waals surface area contributed by atoms with Gasteiger partial charge in [0.25, 0.3) is 0 Å². The topological polar surface area (TPSA) is 79.2 Å². The molecule has 2 heterocycles. The summed E-state index contributed by atoms with van der Waals surface area (Å²) in [5.41, 5.74) is 1.64. The molecule has 1 fully saturated rings. The molecule has 7 heteroatoms. The van der Waals surface area contributed by atoms with Crippen molar-refractivity contribution >= 4 is 23.3 Å². The Labute approximate surface area is 152 Å². The maximum absolute atomic E-state index is 12.6. The van der Waals surface area contributed by atoms with Crippen molar-refractivity contribution in [3.8, 4) is 11.3 Å². The van der Waals surface area contributed by atoms with E-state index in [0.29, 0.717) is 23.4 Å². The molecule has 3 N–H and O–H groups in total. The Balaban J connectivity index is 1.79. The van der Waals surface area contributed by atoms with Gasteiger partial charge in [0, 0.05) is 28.6 Å². The van der Waals surface area contributed by atoms with Gasteiger partial charge in [-0.1, -0.05) is 23.7 Å². The number of nitrogens with zero attached hydrogens (tertiary/aromatic N) is 2. The van der Waals surface area contributed by atoms with Crippen LogP contribution < -0.4 is 10.6 Å². The molecule has 0 bridgehead atoms. The molecule has 25 heavy (non-hydrogen) atoms. The summed E-state index contributed by atoms with van der Waals surface area (Å²) in [7, 11) is 0. The average Bonchev–Trinajstić information content (AvgIpc) is 2.98. The number of benzene rings is 1. The minimum Gasteiger partial charge on any atom is -0.394 e. The second kappa shape index (κ2) is 7.99. The van der Waals surface area contributed by atoms with Crippen molar-refractivity contribution in [2.45, 2.75) is 32.4 Å². The SMILES string of the molecule is C[C@H]1C[C@@H](C(=O)Nc2cc(-c3ccc(Cl)cc3)nn2CCO)CCN1. The van der Waals surface area contributed by atoms with Gasteiger partial charge in [-0.3, -0.25) is 4.79 Å². The lowest BCUT2D eigenvalue weighted by Gasteiger charge is -2.27. The van der Waals surface area contributed by atoms with Gasteiger partial charge in [-0.15, -0.1) is 0 Å². The van der Waals surface area contributed by atoms with Crippen LogP contribution in [0.2, 0.25) is 5.02 Å². The molecule has 1 aliphatic rings. The molecule has 1 aromatic heterocycles. The van der Waals surface area contributed by atoms with Crippen LogP contribution in [0, 0.1) is 5.92 Å². The van der Waals surface area contributed by atoms with E-state index in [1.54, 1.807) is 16.8 Å². The molecule has 2 aromatic rings. The van der Waals surface area contributed by atoms with Crippen LogP contribution in [0.1, 0.15) is 19.8 Å². The van der Waals surface area contributed by atoms with Gasteiger partial charge in [0.15, 0.2) is 0 Å².